The molecule has 6 heteroatoms. The summed E-state index contributed by atoms with van der Waals surface area (Å²) in [5, 5.41) is 9.26. The van der Waals surface area contributed by atoms with Crippen LogP contribution >= 0.6 is 11.8 Å². The average Bonchev–Trinajstić information content (AvgIpc) is 2.61. The monoisotopic (exact) mass is 317 g/mol. The summed E-state index contributed by atoms with van der Waals surface area (Å²) in [5.41, 5.74) is 1.35. The van der Waals surface area contributed by atoms with Gasteiger partial charge in [0.15, 0.2) is 5.82 Å². The molecule has 0 aliphatic carbocycles. The zero-order valence-corrected chi connectivity index (χ0v) is 13.1. The first kappa shape index (κ1) is 15.1. The number of thioether (sulfide) groups is 1. The van der Waals surface area contributed by atoms with E-state index in [-0.39, 0.29) is 13.2 Å². The molecular weight excluding hydrogens is 298 g/mol. The number of nitrogens with zero attached hydrogens (tertiary/aromatic N) is 3. The standard InChI is InChI=1S/C16H19N3O2S/c20-7-8-21-16-11-17-10-15(18-16)19-6-9-22-14(12-19)13-4-2-1-3-5-13/h1-5,10-11,14,20H,6-9,12H2. The van der Waals surface area contributed by atoms with Gasteiger partial charge in [0.05, 0.1) is 19.0 Å². The number of aromatic nitrogens is 2. The number of rotatable bonds is 5. The summed E-state index contributed by atoms with van der Waals surface area (Å²) in [7, 11) is 0. The lowest BCUT2D eigenvalue weighted by atomic mass is 10.1. The third-order valence-corrected chi connectivity index (χ3v) is 4.74. The van der Waals surface area contributed by atoms with Gasteiger partial charge in [-0.15, -0.1) is 0 Å². The minimum absolute atomic E-state index is 0.0255. The van der Waals surface area contributed by atoms with E-state index >= 15 is 0 Å². The molecule has 1 aliphatic heterocycles. The van der Waals surface area contributed by atoms with E-state index in [0.717, 1.165) is 24.7 Å². The van der Waals surface area contributed by atoms with Gasteiger partial charge in [0.1, 0.15) is 6.61 Å². The molecule has 1 aromatic carbocycles. The smallest absolute Gasteiger partial charge is 0.234 e. The molecule has 116 valence electrons. The van der Waals surface area contributed by atoms with Crippen LogP contribution in [-0.4, -0.2) is 47.1 Å². The van der Waals surface area contributed by atoms with E-state index in [4.69, 9.17) is 9.84 Å². The summed E-state index contributed by atoms with van der Waals surface area (Å²) < 4.78 is 5.34. The summed E-state index contributed by atoms with van der Waals surface area (Å²) in [6.45, 7) is 2.07. The largest absolute Gasteiger partial charge is 0.474 e. The van der Waals surface area contributed by atoms with E-state index in [1.54, 1.807) is 12.4 Å². The number of hydrogen-bond donors (Lipinski definition) is 1. The van der Waals surface area contributed by atoms with E-state index in [9.17, 15) is 0 Å². The summed E-state index contributed by atoms with van der Waals surface area (Å²) in [5.74, 6) is 2.35. The molecule has 5 nitrogen and oxygen atoms in total. The van der Waals surface area contributed by atoms with Crippen molar-refractivity contribution in [3.8, 4) is 5.88 Å². The Morgan fingerprint density at radius 1 is 1.27 bits per heavy atom. The van der Waals surface area contributed by atoms with E-state index in [2.05, 4.69) is 39.1 Å². The Morgan fingerprint density at radius 2 is 2.14 bits per heavy atom. The molecule has 0 bridgehead atoms. The number of hydrogen-bond acceptors (Lipinski definition) is 6. The van der Waals surface area contributed by atoms with Crippen LogP contribution in [-0.2, 0) is 0 Å². The van der Waals surface area contributed by atoms with E-state index < -0.39 is 0 Å². The minimum atomic E-state index is -0.0255. The summed E-state index contributed by atoms with van der Waals surface area (Å²) in [6.07, 6.45) is 3.34. The molecule has 3 rings (SSSR count). The van der Waals surface area contributed by atoms with Gasteiger partial charge in [-0.3, -0.25) is 4.98 Å². The van der Waals surface area contributed by atoms with Crippen molar-refractivity contribution in [2.24, 2.45) is 0 Å². The number of benzene rings is 1. The molecule has 1 aromatic heterocycles. The quantitative estimate of drug-likeness (QED) is 0.912. The van der Waals surface area contributed by atoms with Crippen LogP contribution in [0.4, 0.5) is 5.82 Å². The Balaban J connectivity index is 1.72. The van der Waals surface area contributed by atoms with Crippen molar-refractivity contribution in [3.05, 3.63) is 48.3 Å². The van der Waals surface area contributed by atoms with Crippen LogP contribution in [0.5, 0.6) is 5.88 Å². The van der Waals surface area contributed by atoms with Crippen molar-refractivity contribution in [2.45, 2.75) is 5.25 Å². The van der Waals surface area contributed by atoms with E-state index in [1.165, 1.54) is 5.56 Å². The molecule has 1 unspecified atom stereocenters. The van der Waals surface area contributed by atoms with Crippen molar-refractivity contribution in [3.63, 3.8) is 0 Å². The Labute approximate surface area is 134 Å². The number of aliphatic hydroxyl groups excluding tert-OH is 1. The van der Waals surface area contributed by atoms with Crippen LogP contribution in [0.25, 0.3) is 0 Å². The maximum Gasteiger partial charge on any atom is 0.234 e. The van der Waals surface area contributed by atoms with E-state index in [1.807, 2.05) is 17.8 Å². The normalized spacial score (nSPS) is 18.2. The fourth-order valence-corrected chi connectivity index (χ4v) is 3.68. The van der Waals surface area contributed by atoms with Crippen molar-refractivity contribution < 1.29 is 9.84 Å². The van der Waals surface area contributed by atoms with Gasteiger partial charge in [-0.05, 0) is 5.56 Å². The van der Waals surface area contributed by atoms with Crippen LogP contribution in [0.15, 0.2) is 42.7 Å². The van der Waals surface area contributed by atoms with Crippen LogP contribution in [0.1, 0.15) is 10.8 Å². The van der Waals surface area contributed by atoms with Gasteiger partial charge in [0.2, 0.25) is 5.88 Å². The highest BCUT2D eigenvalue weighted by atomic mass is 32.2. The first-order valence-electron chi connectivity index (χ1n) is 7.34. The van der Waals surface area contributed by atoms with Gasteiger partial charge in [-0.25, -0.2) is 0 Å². The van der Waals surface area contributed by atoms with Gasteiger partial charge in [0, 0.05) is 24.1 Å². The molecule has 2 heterocycles. The lowest BCUT2D eigenvalue weighted by Crippen LogP contribution is -2.35. The molecule has 1 N–H and O–H groups in total. The third-order valence-electron chi connectivity index (χ3n) is 3.50. The predicted octanol–water partition coefficient (Wildman–Crippen LogP) is 2.14. The summed E-state index contributed by atoms with van der Waals surface area (Å²) in [4.78, 5) is 10.9. The first-order chi connectivity index (χ1) is 10.9. The van der Waals surface area contributed by atoms with Gasteiger partial charge in [0.25, 0.3) is 0 Å². The van der Waals surface area contributed by atoms with Crippen LogP contribution in [0.3, 0.4) is 0 Å². The van der Waals surface area contributed by atoms with Gasteiger partial charge < -0.3 is 14.7 Å². The predicted molar refractivity (Wildman–Crippen MR) is 88.5 cm³/mol. The van der Waals surface area contributed by atoms with Gasteiger partial charge >= 0.3 is 0 Å². The fraction of sp³-hybridized carbons (Fsp3) is 0.375. The second-order valence-corrected chi connectivity index (χ2v) is 6.31. The highest BCUT2D eigenvalue weighted by molar-refractivity contribution is 7.99. The molecule has 0 spiro atoms. The van der Waals surface area contributed by atoms with Crippen molar-refractivity contribution in [1.29, 1.82) is 0 Å². The molecule has 1 saturated heterocycles. The number of ether oxygens (including phenoxy) is 1. The number of aliphatic hydroxyl groups is 1. The third kappa shape index (κ3) is 3.69. The lowest BCUT2D eigenvalue weighted by molar-refractivity contribution is 0.196. The topological polar surface area (TPSA) is 58.5 Å². The second-order valence-electron chi connectivity index (χ2n) is 5.00. The molecule has 0 amide bonds. The average molecular weight is 317 g/mol. The first-order valence-corrected chi connectivity index (χ1v) is 8.39. The molecule has 1 aliphatic rings. The van der Waals surface area contributed by atoms with Crippen LogP contribution in [0.2, 0.25) is 0 Å². The zero-order chi connectivity index (χ0) is 15.2. The maximum absolute atomic E-state index is 8.82. The molecule has 0 saturated carbocycles. The van der Waals surface area contributed by atoms with Gasteiger partial charge in [-0.1, -0.05) is 30.3 Å². The molecule has 22 heavy (non-hydrogen) atoms. The maximum atomic E-state index is 8.82. The second kappa shape index (κ2) is 7.47. The Bertz CT molecular complexity index is 597. The van der Waals surface area contributed by atoms with Crippen molar-refractivity contribution in [1.82, 2.24) is 9.97 Å². The van der Waals surface area contributed by atoms with Crippen molar-refractivity contribution in [2.75, 3.05) is 37.0 Å². The number of anilines is 1. The SMILES string of the molecule is OCCOc1cncc(N2CCSC(c3ccccc3)C2)n1. The Morgan fingerprint density at radius 3 is 2.95 bits per heavy atom. The molecule has 2 aromatic rings. The fourth-order valence-electron chi connectivity index (χ4n) is 2.44. The van der Waals surface area contributed by atoms with Gasteiger partial charge in [-0.2, -0.15) is 16.7 Å². The molecular formula is C16H19N3O2S. The summed E-state index contributed by atoms with van der Waals surface area (Å²) >= 11 is 1.98. The van der Waals surface area contributed by atoms with Crippen molar-refractivity contribution >= 4 is 17.6 Å². The lowest BCUT2D eigenvalue weighted by Gasteiger charge is -2.33. The summed E-state index contributed by atoms with van der Waals surface area (Å²) in [6, 6.07) is 10.6. The molecule has 1 atom stereocenters. The highest BCUT2D eigenvalue weighted by Gasteiger charge is 2.23. The Hall–Kier alpha value is -1.79. The van der Waals surface area contributed by atoms with Crippen LogP contribution in [0, 0.1) is 0 Å². The molecule has 1 fully saturated rings. The highest BCUT2D eigenvalue weighted by Crippen LogP contribution is 2.34. The van der Waals surface area contributed by atoms with Crippen LogP contribution < -0.4 is 9.64 Å². The van der Waals surface area contributed by atoms with E-state index in [0.29, 0.717) is 11.1 Å². The Kier molecular flexibility index (Phi) is 5.13. The molecule has 0 radical (unpaired) electrons. The minimum Gasteiger partial charge on any atom is -0.474 e. The zero-order valence-electron chi connectivity index (χ0n) is 12.3.